The van der Waals surface area contributed by atoms with Crippen LogP contribution in [0.3, 0.4) is 0 Å². The molecule has 28 heavy (non-hydrogen) atoms. The second kappa shape index (κ2) is 7.30. The first-order valence-corrected chi connectivity index (χ1v) is 10.8. The third-order valence-electron chi connectivity index (χ3n) is 5.55. The molecule has 2 unspecified atom stereocenters. The highest BCUT2D eigenvalue weighted by molar-refractivity contribution is 7.43. The van der Waals surface area contributed by atoms with Crippen LogP contribution in [0.25, 0.3) is 15.0 Å². The highest BCUT2D eigenvalue weighted by Crippen LogP contribution is 2.42. The number of allylic oxidation sites excluding steroid dienone is 2. The molecule has 1 aromatic heterocycles. The Morgan fingerprint density at radius 1 is 1.18 bits per heavy atom. The first-order valence-electron chi connectivity index (χ1n) is 9.49. The average molecular weight is 388 g/mol. The summed E-state index contributed by atoms with van der Waals surface area (Å²) in [5.74, 6) is 2.50. The number of terminal acetylenes is 1. The fourth-order valence-electron chi connectivity index (χ4n) is 3.79. The summed E-state index contributed by atoms with van der Waals surface area (Å²) in [6.07, 6.45) is 11.6. The molecule has 0 aliphatic heterocycles. The molecule has 0 saturated carbocycles. The quantitative estimate of drug-likeness (QED) is 0.224. The van der Waals surface area contributed by atoms with E-state index in [1.54, 1.807) is 6.07 Å². The number of esters is 1. The van der Waals surface area contributed by atoms with Gasteiger partial charge in [0.2, 0.25) is 0 Å². The van der Waals surface area contributed by atoms with Gasteiger partial charge in [-0.3, -0.25) is 0 Å². The van der Waals surface area contributed by atoms with Crippen LogP contribution in [0.2, 0.25) is 0 Å². The van der Waals surface area contributed by atoms with Crippen molar-refractivity contribution in [1.29, 1.82) is 0 Å². The SMILES string of the molecule is C#CC(C)(OC(=O)c1cccc(-[s+]2cc(C)c3ccccc32)c1)C1CC=CC1. The monoisotopic (exact) mass is 387 g/mol. The summed E-state index contributed by atoms with van der Waals surface area (Å²) >= 11 is 0. The van der Waals surface area contributed by atoms with Gasteiger partial charge in [-0.2, -0.15) is 0 Å². The van der Waals surface area contributed by atoms with Gasteiger partial charge in [-0.1, -0.05) is 36.3 Å². The largest absolute Gasteiger partial charge is 0.442 e. The van der Waals surface area contributed by atoms with E-state index in [1.807, 2.05) is 19.1 Å². The minimum atomic E-state index is -0.894. The Kier molecular flexibility index (Phi) is 4.83. The number of carbonyl (C=O) groups is 1. The van der Waals surface area contributed by atoms with E-state index in [9.17, 15) is 4.79 Å². The lowest BCUT2D eigenvalue weighted by molar-refractivity contribution is -0.00682. The smallest absolute Gasteiger partial charge is 0.339 e. The second-order valence-corrected chi connectivity index (χ2v) is 9.27. The summed E-state index contributed by atoms with van der Waals surface area (Å²) in [6.45, 7) is 3.98. The molecule has 0 saturated heterocycles. The summed E-state index contributed by atoms with van der Waals surface area (Å²) in [7, 11) is -0.170. The molecule has 140 valence electrons. The van der Waals surface area contributed by atoms with E-state index in [1.165, 1.54) is 15.6 Å². The van der Waals surface area contributed by atoms with Crippen molar-refractivity contribution in [2.24, 2.45) is 5.92 Å². The van der Waals surface area contributed by atoms with E-state index in [2.05, 4.69) is 60.7 Å². The zero-order chi connectivity index (χ0) is 19.7. The van der Waals surface area contributed by atoms with Crippen LogP contribution in [-0.2, 0) is 4.74 Å². The molecule has 0 bridgehead atoms. The second-order valence-electron chi connectivity index (χ2n) is 7.44. The Hall–Kier alpha value is -2.83. The zero-order valence-electron chi connectivity index (χ0n) is 16.1. The van der Waals surface area contributed by atoms with Gasteiger partial charge in [-0.05, 0) is 51.0 Å². The topological polar surface area (TPSA) is 26.3 Å². The van der Waals surface area contributed by atoms with Crippen LogP contribution in [0, 0.1) is 25.2 Å². The Morgan fingerprint density at radius 2 is 1.93 bits per heavy atom. The molecule has 2 aromatic carbocycles. The summed E-state index contributed by atoms with van der Waals surface area (Å²) in [4.78, 5) is 14.0. The Balaban J connectivity index is 1.65. The van der Waals surface area contributed by atoms with Crippen LogP contribution < -0.4 is 0 Å². The number of thiophene rings is 1. The van der Waals surface area contributed by atoms with Gasteiger partial charge in [0.25, 0.3) is 0 Å². The van der Waals surface area contributed by atoms with Crippen LogP contribution >= 0.6 is 10.5 Å². The molecule has 3 aromatic rings. The van der Waals surface area contributed by atoms with Gasteiger partial charge in [0.05, 0.1) is 5.56 Å². The lowest BCUT2D eigenvalue weighted by atomic mass is 9.87. The van der Waals surface area contributed by atoms with E-state index < -0.39 is 5.60 Å². The number of rotatable bonds is 4. The van der Waals surface area contributed by atoms with Gasteiger partial charge < -0.3 is 4.74 Å². The van der Waals surface area contributed by atoms with E-state index in [4.69, 9.17) is 11.2 Å². The summed E-state index contributed by atoms with van der Waals surface area (Å²) < 4.78 is 7.14. The first-order chi connectivity index (χ1) is 13.5. The van der Waals surface area contributed by atoms with Gasteiger partial charge in [-0.15, -0.1) is 6.42 Å². The third kappa shape index (κ3) is 3.25. The summed E-state index contributed by atoms with van der Waals surface area (Å²) in [5.41, 5.74) is 0.934. The molecule has 1 aliphatic carbocycles. The fourth-order valence-corrected chi connectivity index (χ4v) is 5.96. The molecule has 0 fully saturated rings. The van der Waals surface area contributed by atoms with Crippen molar-refractivity contribution in [3.8, 4) is 17.2 Å². The lowest BCUT2D eigenvalue weighted by Gasteiger charge is -2.30. The normalized spacial score (nSPS) is 16.7. The van der Waals surface area contributed by atoms with Crippen LogP contribution in [0.15, 0.2) is 66.1 Å². The van der Waals surface area contributed by atoms with Crippen molar-refractivity contribution in [1.82, 2.24) is 0 Å². The van der Waals surface area contributed by atoms with E-state index in [0.717, 1.165) is 17.7 Å². The van der Waals surface area contributed by atoms with Gasteiger partial charge in [-0.25, -0.2) is 4.79 Å². The van der Waals surface area contributed by atoms with Crippen LogP contribution in [0.5, 0.6) is 0 Å². The van der Waals surface area contributed by atoms with Gasteiger partial charge in [0.15, 0.2) is 15.2 Å². The predicted molar refractivity (Wildman–Crippen MR) is 117 cm³/mol. The van der Waals surface area contributed by atoms with Crippen LogP contribution in [0.4, 0.5) is 0 Å². The zero-order valence-corrected chi connectivity index (χ0v) is 17.0. The molecule has 2 atom stereocenters. The standard InChI is InChI=1S/C25H23O2S/c1-4-25(3,20-11-5-6-12-20)27-24(26)19-10-9-13-21(16-19)28-17-18(2)22-14-7-8-15-23(22)28/h1,5-10,13-17,20H,11-12H2,2-3H3/q+1. The molecular weight excluding hydrogens is 364 g/mol. The van der Waals surface area contributed by atoms with Crippen molar-refractivity contribution >= 4 is 26.5 Å². The van der Waals surface area contributed by atoms with E-state index in [-0.39, 0.29) is 22.4 Å². The number of aryl methyl sites for hydroxylation is 1. The third-order valence-corrected chi connectivity index (χ3v) is 7.73. The number of hydrogen-bond donors (Lipinski definition) is 0. The Bertz CT molecular complexity index is 1110. The molecule has 2 nitrogen and oxygen atoms in total. The molecule has 0 N–H and O–H groups in total. The molecule has 1 heterocycles. The minimum absolute atomic E-state index is 0.138. The number of fused-ring (bicyclic) bond motifs is 1. The maximum atomic E-state index is 12.9. The van der Waals surface area contributed by atoms with Crippen LogP contribution in [-0.4, -0.2) is 11.6 Å². The van der Waals surface area contributed by atoms with Crippen molar-refractivity contribution < 1.29 is 9.53 Å². The van der Waals surface area contributed by atoms with Gasteiger partial charge in [0.1, 0.15) is 5.38 Å². The number of ether oxygens (including phenoxy) is 1. The van der Waals surface area contributed by atoms with E-state index >= 15 is 0 Å². The minimum Gasteiger partial charge on any atom is -0.442 e. The molecule has 0 spiro atoms. The van der Waals surface area contributed by atoms with Gasteiger partial charge in [0, 0.05) is 33.4 Å². The van der Waals surface area contributed by atoms with Crippen molar-refractivity contribution in [3.63, 3.8) is 0 Å². The highest BCUT2D eigenvalue weighted by Gasteiger charge is 2.37. The molecular formula is C25H23O2S+. The Morgan fingerprint density at radius 3 is 2.68 bits per heavy atom. The molecule has 4 rings (SSSR count). The molecule has 0 radical (unpaired) electrons. The predicted octanol–water partition coefficient (Wildman–Crippen LogP) is 6.40. The van der Waals surface area contributed by atoms with Crippen molar-refractivity contribution in [3.05, 3.63) is 77.2 Å². The number of benzene rings is 2. The summed E-state index contributed by atoms with van der Waals surface area (Å²) in [5, 5.41) is 3.57. The lowest BCUT2D eigenvalue weighted by Crippen LogP contribution is -2.37. The van der Waals surface area contributed by atoms with Gasteiger partial charge >= 0.3 is 5.97 Å². The summed E-state index contributed by atoms with van der Waals surface area (Å²) in [6, 6.07) is 16.2. The number of hydrogen-bond acceptors (Lipinski definition) is 2. The number of carbonyl (C=O) groups excluding carboxylic acids is 1. The Labute approximate surface area is 168 Å². The maximum Gasteiger partial charge on any atom is 0.339 e. The van der Waals surface area contributed by atoms with Crippen molar-refractivity contribution in [2.45, 2.75) is 32.3 Å². The first kappa shape index (κ1) is 18.5. The molecule has 0 amide bonds. The molecule has 1 aliphatic rings. The highest BCUT2D eigenvalue weighted by atomic mass is 32.2. The maximum absolute atomic E-state index is 12.9. The van der Waals surface area contributed by atoms with Crippen LogP contribution in [0.1, 0.15) is 35.7 Å². The van der Waals surface area contributed by atoms with E-state index in [0.29, 0.717) is 5.56 Å². The van der Waals surface area contributed by atoms with Crippen molar-refractivity contribution in [2.75, 3.05) is 0 Å². The average Bonchev–Trinajstić information content (AvgIpc) is 3.37. The molecule has 3 heteroatoms. The fraction of sp³-hybridized carbons (Fsp3) is 0.240.